The predicted molar refractivity (Wildman–Crippen MR) is 82.3 cm³/mol. The summed E-state index contributed by atoms with van der Waals surface area (Å²) in [4.78, 5) is 6.40. The van der Waals surface area contributed by atoms with E-state index in [9.17, 15) is 8.42 Å². The fourth-order valence-corrected chi connectivity index (χ4v) is 3.48. The smallest absolute Gasteiger partial charge is 0.298 e. The summed E-state index contributed by atoms with van der Waals surface area (Å²) in [5, 5.41) is 0.612. The van der Waals surface area contributed by atoms with Crippen LogP contribution in [0.1, 0.15) is 6.42 Å². The van der Waals surface area contributed by atoms with Gasteiger partial charge < -0.3 is 9.32 Å². The highest BCUT2D eigenvalue weighted by Gasteiger charge is 2.23. The second-order valence-electron chi connectivity index (χ2n) is 5.11. The minimum atomic E-state index is -3.15. The molecule has 0 radical (unpaired) electrons. The average molecular weight is 330 g/mol. The van der Waals surface area contributed by atoms with Crippen molar-refractivity contribution in [3.63, 3.8) is 0 Å². The van der Waals surface area contributed by atoms with Crippen LogP contribution in [-0.2, 0) is 10.0 Å². The SMILES string of the molecule is CS(=O)(=O)N1CCCN(c2nc3cc(Cl)ccc3o2)CC1. The van der Waals surface area contributed by atoms with Gasteiger partial charge in [0.15, 0.2) is 5.58 Å². The molecule has 3 rings (SSSR count). The van der Waals surface area contributed by atoms with Crippen LogP contribution >= 0.6 is 11.6 Å². The Labute approximate surface area is 128 Å². The van der Waals surface area contributed by atoms with Crippen molar-refractivity contribution in [2.24, 2.45) is 0 Å². The molecule has 0 saturated carbocycles. The van der Waals surface area contributed by atoms with Gasteiger partial charge in [-0.05, 0) is 24.6 Å². The van der Waals surface area contributed by atoms with E-state index in [1.807, 2.05) is 4.90 Å². The van der Waals surface area contributed by atoms with Crippen molar-refractivity contribution < 1.29 is 12.8 Å². The zero-order chi connectivity index (χ0) is 15.0. The third-order valence-electron chi connectivity index (χ3n) is 3.53. The van der Waals surface area contributed by atoms with Gasteiger partial charge in [0, 0.05) is 31.2 Å². The molecule has 8 heteroatoms. The predicted octanol–water partition coefficient (Wildman–Crippen LogP) is 1.95. The Morgan fingerprint density at radius 1 is 1.24 bits per heavy atom. The van der Waals surface area contributed by atoms with Gasteiger partial charge in [0.05, 0.1) is 6.26 Å². The van der Waals surface area contributed by atoms with Crippen LogP contribution in [0.25, 0.3) is 11.1 Å². The summed E-state index contributed by atoms with van der Waals surface area (Å²) in [7, 11) is -3.15. The fraction of sp³-hybridized carbons (Fsp3) is 0.462. The van der Waals surface area contributed by atoms with Crippen molar-refractivity contribution in [1.82, 2.24) is 9.29 Å². The van der Waals surface area contributed by atoms with E-state index < -0.39 is 10.0 Å². The lowest BCUT2D eigenvalue weighted by atomic mass is 10.3. The molecule has 0 N–H and O–H groups in total. The van der Waals surface area contributed by atoms with E-state index in [1.54, 1.807) is 18.2 Å². The van der Waals surface area contributed by atoms with Gasteiger partial charge in [0.1, 0.15) is 5.52 Å². The Hall–Kier alpha value is -1.31. The number of oxazole rings is 1. The molecule has 1 aliphatic rings. The van der Waals surface area contributed by atoms with E-state index in [-0.39, 0.29) is 0 Å². The van der Waals surface area contributed by atoms with Gasteiger partial charge >= 0.3 is 0 Å². The first-order chi connectivity index (χ1) is 9.93. The van der Waals surface area contributed by atoms with E-state index in [0.29, 0.717) is 48.3 Å². The van der Waals surface area contributed by atoms with Crippen LogP contribution in [0.15, 0.2) is 22.6 Å². The van der Waals surface area contributed by atoms with Crippen LogP contribution in [0.5, 0.6) is 0 Å². The van der Waals surface area contributed by atoms with Crippen LogP contribution in [-0.4, -0.2) is 50.1 Å². The standard InChI is InChI=1S/C13H16ClN3O3S/c1-21(18,19)17-6-2-5-16(7-8-17)13-15-11-9-10(14)3-4-12(11)20-13/h3-4,9H,2,5-8H2,1H3. The Bertz CT molecular complexity index is 759. The molecule has 0 spiro atoms. The minimum Gasteiger partial charge on any atom is -0.423 e. The lowest BCUT2D eigenvalue weighted by Gasteiger charge is -2.18. The molecule has 2 heterocycles. The van der Waals surface area contributed by atoms with Crippen molar-refractivity contribution in [3.8, 4) is 0 Å². The first-order valence-corrected chi connectivity index (χ1v) is 8.92. The molecule has 2 aromatic rings. The summed E-state index contributed by atoms with van der Waals surface area (Å²) in [5.74, 6) is 0. The van der Waals surface area contributed by atoms with E-state index in [1.165, 1.54) is 10.6 Å². The summed E-state index contributed by atoms with van der Waals surface area (Å²) in [6.07, 6.45) is 1.98. The Kier molecular flexibility index (Phi) is 3.81. The number of hydrogen-bond acceptors (Lipinski definition) is 5. The highest BCUT2D eigenvalue weighted by molar-refractivity contribution is 7.88. The monoisotopic (exact) mass is 329 g/mol. The third kappa shape index (κ3) is 3.14. The van der Waals surface area contributed by atoms with E-state index in [4.69, 9.17) is 16.0 Å². The topological polar surface area (TPSA) is 66.7 Å². The molecule has 0 unspecified atom stereocenters. The highest BCUT2D eigenvalue weighted by atomic mass is 35.5. The summed E-state index contributed by atoms with van der Waals surface area (Å²) >= 11 is 5.94. The summed E-state index contributed by atoms with van der Waals surface area (Å²) in [6.45, 7) is 2.25. The Balaban J connectivity index is 1.82. The second-order valence-corrected chi connectivity index (χ2v) is 7.53. The average Bonchev–Trinajstić information content (AvgIpc) is 2.65. The summed E-state index contributed by atoms with van der Waals surface area (Å²) < 4.78 is 30.4. The van der Waals surface area contributed by atoms with Crippen molar-refractivity contribution in [2.75, 3.05) is 37.3 Å². The number of rotatable bonds is 2. The number of halogens is 1. The number of fused-ring (bicyclic) bond motifs is 1. The van der Waals surface area contributed by atoms with Gasteiger partial charge in [-0.15, -0.1) is 0 Å². The molecule has 0 amide bonds. The maximum absolute atomic E-state index is 11.6. The molecule has 1 aliphatic heterocycles. The minimum absolute atomic E-state index is 0.443. The fourth-order valence-electron chi connectivity index (χ4n) is 2.44. The second kappa shape index (κ2) is 5.47. The van der Waals surface area contributed by atoms with Crippen molar-refractivity contribution in [1.29, 1.82) is 0 Å². The molecule has 0 bridgehead atoms. The number of hydrogen-bond donors (Lipinski definition) is 0. The zero-order valence-corrected chi connectivity index (χ0v) is 13.2. The maximum atomic E-state index is 11.6. The van der Waals surface area contributed by atoms with Gasteiger partial charge in [-0.25, -0.2) is 12.7 Å². The molecular weight excluding hydrogens is 314 g/mol. The molecule has 1 aromatic carbocycles. The molecule has 21 heavy (non-hydrogen) atoms. The number of sulfonamides is 1. The van der Waals surface area contributed by atoms with Crippen LogP contribution in [0.4, 0.5) is 6.01 Å². The van der Waals surface area contributed by atoms with Gasteiger partial charge in [0.25, 0.3) is 6.01 Å². The number of benzene rings is 1. The van der Waals surface area contributed by atoms with Crippen LogP contribution in [0, 0.1) is 0 Å². The first kappa shape index (κ1) is 14.6. The Morgan fingerprint density at radius 3 is 2.81 bits per heavy atom. The lowest BCUT2D eigenvalue weighted by molar-refractivity contribution is 0.437. The molecule has 0 atom stereocenters. The molecule has 0 aliphatic carbocycles. The van der Waals surface area contributed by atoms with Gasteiger partial charge in [-0.2, -0.15) is 4.98 Å². The van der Waals surface area contributed by atoms with Gasteiger partial charge in [0.2, 0.25) is 10.0 Å². The number of anilines is 1. The van der Waals surface area contributed by atoms with E-state index >= 15 is 0 Å². The molecule has 1 aromatic heterocycles. The van der Waals surface area contributed by atoms with Gasteiger partial charge in [-0.1, -0.05) is 11.6 Å². The zero-order valence-electron chi connectivity index (χ0n) is 11.6. The molecule has 6 nitrogen and oxygen atoms in total. The van der Waals surface area contributed by atoms with Crippen LogP contribution < -0.4 is 4.90 Å². The summed E-state index contributed by atoms with van der Waals surface area (Å²) in [5.41, 5.74) is 1.39. The largest absolute Gasteiger partial charge is 0.423 e. The Morgan fingerprint density at radius 2 is 2.05 bits per heavy atom. The molecule has 1 saturated heterocycles. The normalized spacial score (nSPS) is 18.1. The third-order valence-corrected chi connectivity index (χ3v) is 5.07. The van der Waals surface area contributed by atoms with Crippen molar-refractivity contribution in [2.45, 2.75) is 6.42 Å². The van der Waals surface area contributed by atoms with Crippen molar-refractivity contribution in [3.05, 3.63) is 23.2 Å². The lowest BCUT2D eigenvalue weighted by Crippen LogP contribution is -2.34. The molecular formula is C13H16ClN3O3S. The van der Waals surface area contributed by atoms with E-state index in [0.717, 1.165) is 6.42 Å². The number of nitrogens with zero attached hydrogens (tertiary/aromatic N) is 3. The van der Waals surface area contributed by atoms with Crippen LogP contribution in [0.2, 0.25) is 5.02 Å². The van der Waals surface area contributed by atoms with Gasteiger partial charge in [-0.3, -0.25) is 0 Å². The first-order valence-electron chi connectivity index (χ1n) is 6.70. The van der Waals surface area contributed by atoms with Crippen molar-refractivity contribution >= 4 is 38.7 Å². The summed E-state index contributed by atoms with van der Waals surface area (Å²) in [6, 6.07) is 5.81. The molecule has 1 fully saturated rings. The van der Waals surface area contributed by atoms with E-state index in [2.05, 4.69) is 4.98 Å². The van der Waals surface area contributed by atoms with Crippen LogP contribution in [0.3, 0.4) is 0 Å². The quantitative estimate of drug-likeness (QED) is 0.842. The maximum Gasteiger partial charge on any atom is 0.298 e. The molecule has 114 valence electrons. The highest BCUT2D eigenvalue weighted by Crippen LogP contribution is 2.25. The number of aromatic nitrogens is 1.